The van der Waals surface area contributed by atoms with E-state index in [-0.39, 0.29) is 5.91 Å². The van der Waals surface area contributed by atoms with Gasteiger partial charge in [-0.3, -0.25) is 9.69 Å². The van der Waals surface area contributed by atoms with Crippen molar-refractivity contribution in [3.05, 3.63) is 70.4 Å². The molecule has 5 heteroatoms. The number of thiophene rings is 1. The van der Waals surface area contributed by atoms with E-state index in [2.05, 4.69) is 6.07 Å². The molecule has 1 saturated carbocycles. The standard InChI is InChI=1S/C25H27NO3S/c1-28-20-12-10-19(11-13-20)26(25(27)24-9-6-16-30-24)23-15-14-21(29-2)17-22(23)18-7-4-3-5-8-18/h6,9-18H,3-5,7-8H2,1-2H3. The number of nitrogens with zero attached hydrogens (tertiary/aromatic N) is 1. The highest BCUT2D eigenvalue weighted by Gasteiger charge is 2.27. The van der Waals surface area contributed by atoms with Gasteiger partial charge in [0.05, 0.1) is 24.8 Å². The van der Waals surface area contributed by atoms with Crippen LogP contribution in [0.4, 0.5) is 11.4 Å². The second-order valence-corrected chi connectivity index (χ2v) is 8.52. The van der Waals surface area contributed by atoms with Crippen molar-refractivity contribution in [2.75, 3.05) is 19.1 Å². The van der Waals surface area contributed by atoms with Crippen molar-refractivity contribution in [3.63, 3.8) is 0 Å². The number of ether oxygens (including phenoxy) is 2. The summed E-state index contributed by atoms with van der Waals surface area (Å²) in [7, 11) is 3.34. The smallest absolute Gasteiger partial charge is 0.272 e. The van der Waals surface area contributed by atoms with Crippen molar-refractivity contribution in [1.82, 2.24) is 0 Å². The molecule has 30 heavy (non-hydrogen) atoms. The Morgan fingerprint density at radius 2 is 1.63 bits per heavy atom. The Morgan fingerprint density at radius 1 is 0.933 bits per heavy atom. The van der Waals surface area contributed by atoms with Gasteiger partial charge in [-0.25, -0.2) is 0 Å². The number of amides is 1. The highest BCUT2D eigenvalue weighted by molar-refractivity contribution is 7.12. The Labute approximate surface area is 182 Å². The first-order valence-corrected chi connectivity index (χ1v) is 11.3. The molecular weight excluding hydrogens is 394 g/mol. The van der Waals surface area contributed by atoms with Crippen molar-refractivity contribution in [2.45, 2.75) is 38.0 Å². The van der Waals surface area contributed by atoms with Gasteiger partial charge in [0.25, 0.3) is 5.91 Å². The Kier molecular flexibility index (Phi) is 6.38. The minimum absolute atomic E-state index is 0.0163. The molecule has 4 rings (SSSR count). The van der Waals surface area contributed by atoms with Crippen LogP contribution in [0.15, 0.2) is 60.0 Å². The van der Waals surface area contributed by atoms with Crippen molar-refractivity contribution in [2.24, 2.45) is 0 Å². The molecule has 0 saturated heterocycles. The molecule has 1 fully saturated rings. The maximum atomic E-state index is 13.6. The molecule has 1 aliphatic carbocycles. The van der Waals surface area contributed by atoms with E-state index in [1.165, 1.54) is 36.2 Å². The largest absolute Gasteiger partial charge is 0.497 e. The molecule has 0 N–H and O–H groups in total. The average Bonchev–Trinajstić information content (AvgIpc) is 3.35. The zero-order valence-corrected chi connectivity index (χ0v) is 18.3. The normalized spacial score (nSPS) is 14.3. The number of benzene rings is 2. The molecule has 0 unspecified atom stereocenters. The van der Waals surface area contributed by atoms with Gasteiger partial charge in [-0.05, 0) is 78.2 Å². The summed E-state index contributed by atoms with van der Waals surface area (Å²) >= 11 is 1.46. The number of methoxy groups -OCH3 is 2. The summed E-state index contributed by atoms with van der Waals surface area (Å²) in [5.41, 5.74) is 2.96. The quantitative estimate of drug-likeness (QED) is 0.440. The lowest BCUT2D eigenvalue weighted by molar-refractivity contribution is 0.100. The first-order valence-electron chi connectivity index (χ1n) is 10.4. The summed E-state index contributed by atoms with van der Waals surface area (Å²) in [6.45, 7) is 0. The fourth-order valence-corrected chi connectivity index (χ4v) is 4.86. The number of hydrogen-bond donors (Lipinski definition) is 0. The third-order valence-corrected chi connectivity index (χ3v) is 6.64. The molecule has 0 bridgehead atoms. The zero-order chi connectivity index (χ0) is 20.9. The fourth-order valence-electron chi connectivity index (χ4n) is 4.21. The number of carbonyl (C=O) groups excluding carboxylic acids is 1. The molecular formula is C25H27NO3S. The van der Waals surface area contributed by atoms with Crippen LogP contribution in [0, 0.1) is 0 Å². The average molecular weight is 422 g/mol. The zero-order valence-electron chi connectivity index (χ0n) is 17.5. The fraction of sp³-hybridized carbons (Fsp3) is 0.320. The van der Waals surface area contributed by atoms with E-state index in [9.17, 15) is 4.79 Å². The first-order chi connectivity index (χ1) is 14.7. The van der Waals surface area contributed by atoms with Crippen LogP contribution < -0.4 is 14.4 Å². The third-order valence-electron chi connectivity index (χ3n) is 5.79. The lowest BCUT2D eigenvalue weighted by Crippen LogP contribution is -2.27. The molecule has 0 spiro atoms. The van der Waals surface area contributed by atoms with Gasteiger partial charge >= 0.3 is 0 Å². The summed E-state index contributed by atoms with van der Waals surface area (Å²) < 4.78 is 10.8. The molecule has 1 amide bonds. The van der Waals surface area contributed by atoms with Crippen LogP contribution in [0.1, 0.15) is 53.3 Å². The number of carbonyl (C=O) groups is 1. The first kappa shape index (κ1) is 20.5. The Balaban J connectivity index is 1.84. The van der Waals surface area contributed by atoms with E-state index in [0.717, 1.165) is 40.6 Å². The van der Waals surface area contributed by atoms with E-state index in [0.29, 0.717) is 5.92 Å². The maximum absolute atomic E-state index is 13.6. The molecule has 2 aromatic carbocycles. The number of anilines is 2. The Morgan fingerprint density at radius 3 is 2.27 bits per heavy atom. The van der Waals surface area contributed by atoms with Gasteiger partial charge in [-0.2, -0.15) is 0 Å². The van der Waals surface area contributed by atoms with E-state index in [4.69, 9.17) is 9.47 Å². The Hall–Kier alpha value is -2.79. The minimum atomic E-state index is -0.0163. The molecule has 4 nitrogen and oxygen atoms in total. The Bertz CT molecular complexity index is 976. The van der Waals surface area contributed by atoms with Gasteiger partial charge < -0.3 is 9.47 Å². The molecule has 1 aromatic heterocycles. The predicted octanol–water partition coefficient (Wildman–Crippen LogP) is 6.79. The van der Waals surface area contributed by atoms with Gasteiger partial charge in [-0.15, -0.1) is 11.3 Å². The van der Waals surface area contributed by atoms with Gasteiger partial charge in [0.15, 0.2) is 0 Å². The highest BCUT2D eigenvalue weighted by Crippen LogP contribution is 2.42. The van der Waals surface area contributed by atoms with E-state index < -0.39 is 0 Å². The van der Waals surface area contributed by atoms with Crippen LogP contribution in [-0.2, 0) is 0 Å². The van der Waals surface area contributed by atoms with Crippen LogP contribution in [0.25, 0.3) is 0 Å². The maximum Gasteiger partial charge on any atom is 0.272 e. The summed E-state index contributed by atoms with van der Waals surface area (Å²) in [5, 5.41) is 1.94. The summed E-state index contributed by atoms with van der Waals surface area (Å²) in [6.07, 6.45) is 6.02. The van der Waals surface area contributed by atoms with Crippen LogP contribution in [0.5, 0.6) is 11.5 Å². The van der Waals surface area contributed by atoms with E-state index in [1.807, 2.05) is 58.8 Å². The van der Waals surface area contributed by atoms with Crippen LogP contribution in [-0.4, -0.2) is 20.1 Å². The van der Waals surface area contributed by atoms with Crippen LogP contribution >= 0.6 is 11.3 Å². The third kappa shape index (κ3) is 4.21. The number of hydrogen-bond acceptors (Lipinski definition) is 4. The second-order valence-electron chi connectivity index (χ2n) is 7.58. The van der Waals surface area contributed by atoms with Crippen molar-refractivity contribution in [1.29, 1.82) is 0 Å². The second kappa shape index (κ2) is 9.35. The van der Waals surface area contributed by atoms with Crippen LogP contribution in [0.2, 0.25) is 0 Å². The monoisotopic (exact) mass is 421 g/mol. The summed E-state index contributed by atoms with van der Waals surface area (Å²) in [5.74, 6) is 2.01. The molecule has 0 aliphatic heterocycles. The summed E-state index contributed by atoms with van der Waals surface area (Å²) in [4.78, 5) is 16.2. The van der Waals surface area contributed by atoms with Gasteiger partial charge in [0.1, 0.15) is 11.5 Å². The van der Waals surface area contributed by atoms with Crippen molar-refractivity contribution in [3.8, 4) is 11.5 Å². The minimum Gasteiger partial charge on any atom is -0.497 e. The highest BCUT2D eigenvalue weighted by atomic mass is 32.1. The summed E-state index contributed by atoms with van der Waals surface area (Å²) in [6, 6.07) is 17.6. The lowest BCUT2D eigenvalue weighted by atomic mass is 9.83. The molecule has 1 aliphatic rings. The van der Waals surface area contributed by atoms with Gasteiger partial charge in [0.2, 0.25) is 0 Å². The molecule has 0 radical (unpaired) electrons. The molecule has 3 aromatic rings. The van der Waals surface area contributed by atoms with E-state index >= 15 is 0 Å². The van der Waals surface area contributed by atoms with Crippen molar-refractivity contribution < 1.29 is 14.3 Å². The SMILES string of the molecule is COc1ccc(N(C(=O)c2cccs2)c2ccc(OC)cc2C2CCCCC2)cc1. The topological polar surface area (TPSA) is 38.8 Å². The van der Waals surface area contributed by atoms with E-state index in [1.54, 1.807) is 14.2 Å². The number of rotatable bonds is 6. The predicted molar refractivity (Wildman–Crippen MR) is 123 cm³/mol. The molecule has 156 valence electrons. The lowest BCUT2D eigenvalue weighted by Gasteiger charge is -2.30. The van der Waals surface area contributed by atoms with Crippen LogP contribution in [0.3, 0.4) is 0 Å². The molecule has 1 heterocycles. The molecule has 0 atom stereocenters. The van der Waals surface area contributed by atoms with Gasteiger partial charge in [-0.1, -0.05) is 25.3 Å². The van der Waals surface area contributed by atoms with Crippen molar-refractivity contribution >= 4 is 28.6 Å². The van der Waals surface area contributed by atoms with Gasteiger partial charge in [0, 0.05) is 5.69 Å².